The Morgan fingerprint density at radius 2 is 1.94 bits per heavy atom. The topological polar surface area (TPSA) is 75.3 Å². The molecule has 3 heterocycles. The molecule has 4 rings (SSSR count). The van der Waals surface area contributed by atoms with Gasteiger partial charge in [0, 0.05) is 12.7 Å². The summed E-state index contributed by atoms with van der Waals surface area (Å²) in [6, 6.07) is 11.3. The zero-order valence-electron chi connectivity index (χ0n) is 20.1. The van der Waals surface area contributed by atoms with Crippen LogP contribution in [0.5, 0.6) is 0 Å². The Balaban J connectivity index is 1.65. The van der Waals surface area contributed by atoms with Gasteiger partial charge >= 0.3 is 5.97 Å². The largest absolute Gasteiger partial charge is 0.467 e. The summed E-state index contributed by atoms with van der Waals surface area (Å²) in [5.41, 5.74) is 3.99. The fourth-order valence-corrected chi connectivity index (χ4v) is 4.95. The van der Waals surface area contributed by atoms with Crippen LogP contribution in [0.1, 0.15) is 50.1 Å². The van der Waals surface area contributed by atoms with Gasteiger partial charge in [0.25, 0.3) is 0 Å². The van der Waals surface area contributed by atoms with Crippen molar-refractivity contribution >= 4 is 28.8 Å². The van der Waals surface area contributed by atoms with Crippen LogP contribution in [0.4, 0.5) is 0 Å². The summed E-state index contributed by atoms with van der Waals surface area (Å²) in [7, 11) is 1.76. The van der Waals surface area contributed by atoms with Gasteiger partial charge in [0.1, 0.15) is 5.76 Å². The number of fused-ring (bicyclic) bond motifs is 1. The first kappa shape index (κ1) is 23.9. The average molecular weight is 480 g/mol. The molecule has 0 saturated carbocycles. The molecule has 1 amide bonds. The second-order valence-electron chi connectivity index (χ2n) is 8.76. The summed E-state index contributed by atoms with van der Waals surface area (Å²) in [5, 5.41) is 2.70. The van der Waals surface area contributed by atoms with Crippen LogP contribution in [0.25, 0.3) is 0 Å². The molecular formula is C26H29N3O4S. The number of rotatable bonds is 7. The minimum absolute atomic E-state index is 0.0512. The lowest BCUT2D eigenvalue weighted by Crippen LogP contribution is -2.38. The summed E-state index contributed by atoms with van der Waals surface area (Å²) < 4.78 is 11.0. The van der Waals surface area contributed by atoms with E-state index in [2.05, 4.69) is 0 Å². The number of hydrogen-bond acceptors (Lipinski definition) is 7. The summed E-state index contributed by atoms with van der Waals surface area (Å²) >= 11 is 1.46. The van der Waals surface area contributed by atoms with Gasteiger partial charge in [0.2, 0.25) is 5.91 Å². The average Bonchev–Trinajstić information content (AvgIpc) is 3.43. The van der Waals surface area contributed by atoms with Crippen LogP contribution in [0.2, 0.25) is 0 Å². The predicted octanol–water partition coefficient (Wildman–Crippen LogP) is 5.16. The van der Waals surface area contributed by atoms with Crippen molar-refractivity contribution < 1.29 is 18.7 Å². The molecule has 8 heteroatoms. The van der Waals surface area contributed by atoms with Crippen LogP contribution in [-0.2, 0) is 20.9 Å². The molecule has 0 N–H and O–H groups in total. The quantitative estimate of drug-likeness (QED) is 0.511. The Morgan fingerprint density at radius 3 is 2.59 bits per heavy atom. The number of amides is 1. The molecule has 1 atom stereocenters. The zero-order valence-corrected chi connectivity index (χ0v) is 20.9. The fourth-order valence-electron chi connectivity index (χ4n) is 3.99. The first-order chi connectivity index (χ1) is 16.2. The van der Waals surface area contributed by atoms with Crippen LogP contribution in [0.15, 0.2) is 74.4 Å². The highest BCUT2D eigenvalue weighted by Crippen LogP contribution is 2.45. The zero-order chi connectivity index (χ0) is 24.4. The molecule has 2 aromatic rings. The van der Waals surface area contributed by atoms with Gasteiger partial charge in [-0.05, 0) is 50.8 Å². The van der Waals surface area contributed by atoms with Crippen molar-refractivity contribution in [2.24, 2.45) is 4.99 Å². The van der Waals surface area contributed by atoms with Crippen molar-refractivity contribution in [2.45, 2.75) is 52.8 Å². The van der Waals surface area contributed by atoms with Crippen LogP contribution >= 0.6 is 11.8 Å². The molecule has 0 fully saturated rings. The molecule has 0 unspecified atom stereocenters. The molecule has 1 aromatic heterocycles. The summed E-state index contributed by atoms with van der Waals surface area (Å²) in [4.78, 5) is 34.6. The number of aryl methyl sites for hydroxylation is 1. The Labute approximate surface area is 204 Å². The summed E-state index contributed by atoms with van der Waals surface area (Å²) in [6.45, 7) is 7.91. The highest BCUT2D eigenvalue weighted by molar-refractivity contribution is 8.16. The lowest BCUT2D eigenvalue weighted by atomic mass is 9.93. The van der Waals surface area contributed by atoms with E-state index in [1.807, 2.05) is 68.3 Å². The molecule has 0 saturated heterocycles. The molecular weight excluding hydrogens is 450 g/mol. The maximum absolute atomic E-state index is 13.2. The van der Waals surface area contributed by atoms with Crippen molar-refractivity contribution in [2.75, 3.05) is 7.05 Å². The molecule has 7 nitrogen and oxygen atoms in total. The summed E-state index contributed by atoms with van der Waals surface area (Å²) in [6.07, 6.45) is 1.52. The highest BCUT2D eigenvalue weighted by atomic mass is 32.2. The number of ether oxygens (including phenoxy) is 1. The SMILES string of the molecule is CC1=C(C(=O)OC(C)C)[C@@H](c2ccc(C)cc2)N2C(CC(=O)N(C)Cc3ccco3)=CSC2=N1. The third kappa shape index (κ3) is 4.97. The fraction of sp³-hybridized carbons (Fsp3) is 0.346. The van der Waals surface area contributed by atoms with Gasteiger partial charge < -0.3 is 19.0 Å². The molecule has 0 spiro atoms. The molecule has 34 heavy (non-hydrogen) atoms. The van der Waals surface area contributed by atoms with E-state index in [0.29, 0.717) is 17.8 Å². The Hall–Kier alpha value is -3.26. The number of aliphatic imine (C=N–C) groups is 1. The number of furan rings is 1. The van der Waals surface area contributed by atoms with Gasteiger partial charge in [-0.1, -0.05) is 41.6 Å². The lowest BCUT2D eigenvalue weighted by Gasteiger charge is -2.36. The van der Waals surface area contributed by atoms with Gasteiger partial charge in [-0.25, -0.2) is 9.79 Å². The van der Waals surface area contributed by atoms with Crippen molar-refractivity contribution in [1.82, 2.24) is 9.80 Å². The van der Waals surface area contributed by atoms with E-state index in [9.17, 15) is 9.59 Å². The normalized spacial score (nSPS) is 17.5. The maximum atomic E-state index is 13.2. The van der Waals surface area contributed by atoms with E-state index in [4.69, 9.17) is 14.1 Å². The number of benzene rings is 1. The van der Waals surface area contributed by atoms with Gasteiger partial charge in [-0.2, -0.15) is 0 Å². The monoisotopic (exact) mass is 479 g/mol. The number of amidine groups is 1. The van der Waals surface area contributed by atoms with Crippen LogP contribution in [0.3, 0.4) is 0 Å². The number of carbonyl (C=O) groups excluding carboxylic acids is 2. The first-order valence-electron chi connectivity index (χ1n) is 11.2. The van der Waals surface area contributed by atoms with E-state index in [1.54, 1.807) is 24.3 Å². The Kier molecular flexibility index (Phi) is 6.97. The number of nitrogens with zero attached hydrogens (tertiary/aromatic N) is 3. The Bertz CT molecular complexity index is 1160. The number of thioether (sulfide) groups is 1. The van der Waals surface area contributed by atoms with Gasteiger partial charge in [-0.3, -0.25) is 4.79 Å². The van der Waals surface area contributed by atoms with E-state index < -0.39 is 12.0 Å². The number of esters is 1. The predicted molar refractivity (Wildman–Crippen MR) is 133 cm³/mol. The highest BCUT2D eigenvalue weighted by Gasteiger charge is 2.41. The maximum Gasteiger partial charge on any atom is 0.338 e. The van der Waals surface area contributed by atoms with Crippen molar-refractivity contribution in [3.05, 3.63) is 81.9 Å². The number of allylic oxidation sites excluding steroid dienone is 1. The molecule has 0 bridgehead atoms. The second-order valence-corrected chi connectivity index (χ2v) is 9.60. The van der Waals surface area contributed by atoms with E-state index in [-0.39, 0.29) is 18.4 Å². The van der Waals surface area contributed by atoms with E-state index in [0.717, 1.165) is 27.8 Å². The van der Waals surface area contributed by atoms with Crippen molar-refractivity contribution in [3.8, 4) is 0 Å². The third-order valence-corrected chi connectivity index (χ3v) is 6.58. The van der Waals surface area contributed by atoms with Crippen LogP contribution in [0, 0.1) is 6.92 Å². The minimum atomic E-state index is -0.427. The second kappa shape index (κ2) is 9.93. The first-order valence-corrected chi connectivity index (χ1v) is 12.1. The molecule has 2 aliphatic rings. The van der Waals surface area contributed by atoms with E-state index >= 15 is 0 Å². The molecule has 0 radical (unpaired) electrons. The Morgan fingerprint density at radius 1 is 1.21 bits per heavy atom. The number of hydrogen-bond donors (Lipinski definition) is 0. The number of carbonyl (C=O) groups is 2. The minimum Gasteiger partial charge on any atom is -0.467 e. The van der Waals surface area contributed by atoms with Crippen LogP contribution < -0.4 is 0 Å². The van der Waals surface area contributed by atoms with Crippen molar-refractivity contribution in [3.63, 3.8) is 0 Å². The van der Waals surface area contributed by atoms with Gasteiger partial charge in [0.15, 0.2) is 5.17 Å². The molecule has 2 aliphatic heterocycles. The van der Waals surface area contributed by atoms with Gasteiger partial charge in [0.05, 0.1) is 42.6 Å². The smallest absolute Gasteiger partial charge is 0.338 e. The lowest BCUT2D eigenvalue weighted by molar-refractivity contribution is -0.143. The van der Waals surface area contributed by atoms with E-state index in [1.165, 1.54) is 11.8 Å². The van der Waals surface area contributed by atoms with Gasteiger partial charge in [-0.15, -0.1) is 0 Å². The van der Waals surface area contributed by atoms with Crippen molar-refractivity contribution in [1.29, 1.82) is 0 Å². The standard InChI is InChI=1S/C26H29N3O4S/c1-16(2)33-25(31)23-18(4)27-26-29(24(23)19-10-8-17(3)9-11-19)20(15-34-26)13-22(30)28(5)14-21-7-6-12-32-21/h6-12,15-16,24H,13-14H2,1-5H3/t24-/m1/s1. The van der Waals surface area contributed by atoms with Crippen LogP contribution in [-0.4, -0.2) is 40.0 Å². The molecule has 0 aliphatic carbocycles. The molecule has 178 valence electrons. The summed E-state index contributed by atoms with van der Waals surface area (Å²) in [5.74, 6) is 0.281. The third-order valence-electron chi connectivity index (χ3n) is 5.69. The molecule has 1 aromatic carbocycles.